The van der Waals surface area contributed by atoms with E-state index >= 15 is 0 Å². The molecule has 0 spiro atoms. The lowest BCUT2D eigenvalue weighted by Crippen LogP contribution is -2.04. The van der Waals surface area contributed by atoms with Crippen molar-refractivity contribution in [3.8, 4) is 11.5 Å². The van der Waals surface area contributed by atoms with E-state index in [4.69, 9.17) is 4.74 Å². The summed E-state index contributed by atoms with van der Waals surface area (Å²) in [5.74, 6) is 0.609. The molecule has 0 amide bonds. The van der Waals surface area contributed by atoms with Crippen LogP contribution in [0.2, 0.25) is 0 Å². The van der Waals surface area contributed by atoms with E-state index in [0.717, 1.165) is 17.7 Å². The van der Waals surface area contributed by atoms with Crippen LogP contribution < -0.4 is 4.74 Å². The van der Waals surface area contributed by atoms with E-state index in [0.29, 0.717) is 5.75 Å². The summed E-state index contributed by atoms with van der Waals surface area (Å²) in [6, 6.07) is 11.6. The Labute approximate surface area is 103 Å². The van der Waals surface area contributed by atoms with Gasteiger partial charge in [-0.1, -0.05) is 18.2 Å². The van der Waals surface area contributed by atoms with E-state index in [2.05, 4.69) is 6.92 Å². The Morgan fingerprint density at radius 3 is 2.11 bits per heavy atom. The molecule has 0 bridgehead atoms. The van der Waals surface area contributed by atoms with Crippen molar-refractivity contribution < 1.29 is 17.9 Å². The third-order valence-corrected chi connectivity index (χ3v) is 2.30. The summed E-state index contributed by atoms with van der Waals surface area (Å²) in [5, 5.41) is 0. The third-order valence-electron chi connectivity index (χ3n) is 2.30. The number of ether oxygens (including phenoxy) is 1. The molecule has 0 aliphatic carbocycles. The summed E-state index contributed by atoms with van der Waals surface area (Å²) in [6.07, 6.45) is -4.37. The zero-order valence-corrected chi connectivity index (χ0v) is 9.37. The standard InChI is InChI=1S/C14H10F3O/c1-10-4-2-6-12(8-10)18-13-7-3-5-11(9-13)14(15,16)17/h2-9H,1H2. The maximum Gasteiger partial charge on any atom is 0.416 e. The highest BCUT2D eigenvalue weighted by Crippen LogP contribution is 2.32. The lowest BCUT2D eigenvalue weighted by Gasteiger charge is -2.10. The number of hydrogen-bond acceptors (Lipinski definition) is 1. The molecule has 0 aromatic heterocycles. The van der Waals surface area contributed by atoms with Crippen molar-refractivity contribution in [2.75, 3.05) is 0 Å². The van der Waals surface area contributed by atoms with E-state index < -0.39 is 11.7 Å². The summed E-state index contributed by atoms with van der Waals surface area (Å²) in [6.45, 7) is 3.72. The maximum atomic E-state index is 12.5. The summed E-state index contributed by atoms with van der Waals surface area (Å²) < 4.78 is 42.9. The maximum absolute atomic E-state index is 12.5. The first-order chi connectivity index (χ1) is 8.45. The summed E-state index contributed by atoms with van der Waals surface area (Å²) in [4.78, 5) is 0. The van der Waals surface area contributed by atoms with Crippen molar-refractivity contribution in [1.82, 2.24) is 0 Å². The highest BCUT2D eigenvalue weighted by Gasteiger charge is 2.30. The lowest BCUT2D eigenvalue weighted by molar-refractivity contribution is -0.137. The fourth-order valence-electron chi connectivity index (χ4n) is 1.48. The first-order valence-corrected chi connectivity index (χ1v) is 5.22. The van der Waals surface area contributed by atoms with Crippen LogP contribution in [-0.4, -0.2) is 0 Å². The van der Waals surface area contributed by atoms with Gasteiger partial charge in [-0.05, 0) is 42.8 Å². The van der Waals surface area contributed by atoms with Crippen LogP contribution in [0.25, 0.3) is 0 Å². The molecule has 2 aromatic carbocycles. The molecular weight excluding hydrogens is 241 g/mol. The Hall–Kier alpha value is -1.97. The fraction of sp³-hybridized carbons (Fsp3) is 0.0714. The molecule has 0 saturated heterocycles. The Morgan fingerprint density at radius 1 is 0.889 bits per heavy atom. The number of alkyl halides is 3. The molecule has 1 nitrogen and oxygen atoms in total. The molecule has 0 N–H and O–H groups in total. The zero-order valence-electron chi connectivity index (χ0n) is 9.37. The molecule has 0 aliphatic rings. The van der Waals surface area contributed by atoms with Crippen molar-refractivity contribution in [1.29, 1.82) is 0 Å². The SMILES string of the molecule is [CH2]c1cccc(Oc2cccc(C(F)(F)F)c2)c1. The van der Waals surface area contributed by atoms with Gasteiger partial charge in [0.15, 0.2) is 0 Å². The van der Waals surface area contributed by atoms with Crippen molar-refractivity contribution in [2.45, 2.75) is 6.18 Å². The van der Waals surface area contributed by atoms with Crippen LogP contribution in [0.5, 0.6) is 11.5 Å². The molecule has 2 rings (SSSR count). The number of benzene rings is 2. The van der Waals surface area contributed by atoms with Crippen molar-refractivity contribution in [3.63, 3.8) is 0 Å². The topological polar surface area (TPSA) is 9.23 Å². The first kappa shape index (κ1) is 12.5. The molecule has 0 atom stereocenters. The summed E-state index contributed by atoms with van der Waals surface area (Å²) in [5.41, 5.74) is 0.00486. The summed E-state index contributed by atoms with van der Waals surface area (Å²) >= 11 is 0. The molecule has 0 aliphatic heterocycles. The van der Waals surface area contributed by atoms with Crippen molar-refractivity contribution >= 4 is 0 Å². The minimum atomic E-state index is -4.37. The van der Waals surface area contributed by atoms with Crippen LogP contribution in [-0.2, 0) is 6.18 Å². The number of rotatable bonds is 2. The van der Waals surface area contributed by atoms with Gasteiger partial charge in [0.05, 0.1) is 5.56 Å². The van der Waals surface area contributed by atoms with Crippen LogP contribution in [0.3, 0.4) is 0 Å². The summed E-state index contributed by atoms with van der Waals surface area (Å²) in [7, 11) is 0. The molecule has 93 valence electrons. The van der Waals surface area contributed by atoms with E-state index in [9.17, 15) is 13.2 Å². The fourth-order valence-corrected chi connectivity index (χ4v) is 1.48. The first-order valence-electron chi connectivity index (χ1n) is 5.22. The van der Waals surface area contributed by atoms with Gasteiger partial charge < -0.3 is 4.74 Å². The minimum Gasteiger partial charge on any atom is -0.457 e. The van der Waals surface area contributed by atoms with Gasteiger partial charge in [-0.25, -0.2) is 0 Å². The Bertz CT molecular complexity index is 547. The van der Waals surface area contributed by atoms with Crippen LogP contribution in [0, 0.1) is 6.92 Å². The van der Waals surface area contributed by atoms with Crippen LogP contribution in [0.15, 0.2) is 48.5 Å². The molecule has 0 fully saturated rings. The molecule has 1 radical (unpaired) electrons. The largest absolute Gasteiger partial charge is 0.457 e. The predicted octanol–water partition coefficient (Wildman–Crippen LogP) is 4.68. The van der Waals surface area contributed by atoms with Gasteiger partial charge in [0.2, 0.25) is 0 Å². The van der Waals surface area contributed by atoms with E-state index in [1.54, 1.807) is 24.3 Å². The molecule has 0 heterocycles. The van der Waals surface area contributed by atoms with Crippen molar-refractivity contribution in [2.24, 2.45) is 0 Å². The van der Waals surface area contributed by atoms with Crippen molar-refractivity contribution in [3.05, 3.63) is 66.6 Å². The predicted molar refractivity (Wildman–Crippen MR) is 62.4 cm³/mol. The number of hydrogen-bond donors (Lipinski definition) is 0. The Kier molecular flexibility index (Phi) is 3.28. The zero-order chi connectivity index (χ0) is 13.2. The normalized spacial score (nSPS) is 11.3. The number of halogens is 3. The van der Waals surface area contributed by atoms with Crippen LogP contribution >= 0.6 is 0 Å². The van der Waals surface area contributed by atoms with Gasteiger partial charge >= 0.3 is 6.18 Å². The van der Waals surface area contributed by atoms with E-state index in [1.165, 1.54) is 12.1 Å². The molecule has 2 aromatic rings. The van der Waals surface area contributed by atoms with E-state index in [1.807, 2.05) is 0 Å². The van der Waals surface area contributed by atoms with Crippen LogP contribution in [0.1, 0.15) is 11.1 Å². The van der Waals surface area contributed by atoms with Gasteiger partial charge in [0.25, 0.3) is 0 Å². The monoisotopic (exact) mass is 251 g/mol. The molecule has 0 saturated carbocycles. The molecule has 0 unspecified atom stereocenters. The Morgan fingerprint density at radius 2 is 1.50 bits per heavy atom. The van der Waals surface area contributed by atoms with Gasteiger partial charge in [-0.15, -0.1) is 0 Å². The van der Waals surface area contributed by atoms with Gasteiger partial charge in [-0.3, -0.25) is 0 Å². The molecule has 18 heavy (non-hydrogen) atoms. The van der Waals surface area contributed by atoms with Gasteiger partial charge in [0.1, 0.15) is 11.5 Å². The second-order valence-corrected chi connectivity index (χ2v) is 3.78. The molecule has 4 heteroatoms. The second kappa shape index (κ2) is 4.72. The lowest BCUT2D eigenvalue weighted by atomic mass is 10.2. The third kappa shape index (κ3) is 3.03. The van der Waals surface area contributed by atoms with Gasteiger partial charge in [0, 0.05) is 0 Å². The highest BCUT2D eigenvalue weighted by atomic mass is 19.4. The second-order valence-electron chi connectivity index (χ2n) is 3.78. The van der Waals surface area contributed by atoms with Crippen LogP contribution in [0.4, 0.5) is 13.2 Å². The highest BCUT2D eigenvalue weighted by molar-refractivity contribution is 5.37. The average Bonchev–Trinajstić information content (AvgIpc) is 2.28. The van der Waals surface area contributed by atoms with E-state index in [-0.39, 0.29) is 5.75 Å². The smallest absolute Gasteiger partial charge is 0.416 e. The quantitative estimate of drug-likeness (QED) is 0.753. The average molecular weight is 251 g/mol. The minimum absolute atomic E-state index is 0.149. The molecular formula is C14H10F3O. The Balaban J connectivity index is 2.25. The van der Waals surface area contributed by atoms with Gasteiger partial charge in [-0.2, -0.15) is 13.2 Å².